The molecule has 0 aliphatic heterocycles. The fraction of sp³-hybridized carbons (Fsp3) is 1.00. The average molecular weight is 205 g/mol. The Bertz CT molecular complexity index is 180. The fourth-order valence-electron chi connectivity index (χ4n) is 1.81. The third kappa shape index (κ3) is 2.91. The van der Waals surface area contributed by atoms with Crippen LogP contribution < -0.4 is 5.32 Å². The summed E-state index contributed by atoms with van der Waals surface area (Å²) >= 11 is 0. The Labute approximate surface area is 85.3 Å². The van der Waals surface area contributed by atoms with Gasteiger partial charge in [0.1, 0.15) is 0 Å². The molecule has 84 valence electrons. The molecule has 1 saturated carbocycles. The van der Waals surface area contributed by atoms with Gasteiger partial charge in [-0.3, -0.25) is 0 Å². The van der Waals surface area contributed by atoms with Crippen LogP contribution in [0.3, 0.4) is 0 Å². The van der Waals surface area contributed by atoms with Crippen LogP contribution in [-0.2, 0) is 0 Å². The molecule has 0 spiro atoms. The Morgan fingerprint density at radius 1 is 1.21 bits per heavy atom. The highest BCUT2D eigenvalue weighted by Gasteiger charge is 2.41. The molecule has 14 heavy (non-hydrogen) atoms. The predicted octanol–water partition coefficient (Wildman–Crippen LogP) is 3.20. The summed E-state index contributed by atoms with van der Waals surface area (Å²) in [6.45, 7) is 6.09. The first-order valence-corrected chi connectivity index (χ1v) is 5.57. The third-order valence-electron chi connectivity index (χ3n) is 3.23. The maximum Gasteiger partial charge on any atom is 0.263 e. The molecule has 1 fully saturated rings. The second-order valence-corrected chi connectivity index (χ2v) is 4.76. The highest BCUT2D eigenvalue weighted by Crippen LogP contribution is 2.33. The van der Waals surface area contributed by atoms with E-state index in [9.17, 15) is 8.78 Å². The highest BCUT2D eigenvalue weighted by atomic mass is 19.3. The Hall–Kier alpha value is -0.180. The first kappa shape index (κ1) is 11.9. The smallest absolute Gasteiger partial charge is 0.263 e. The summed E-state index contributed by atoms with van der Waals surface area (Å²) in [5.74, 6) is -2.09. The van der Waals surface area contributed by atoms with E-state index in [1.165, 1.54) is 0 Å². The molecule has 0 amide bonds. The van der Waals surface area contributed by atoms with E-state index in [-0.39, 0.29) is 12.5 Å². The van der Waals surface area contributed by atoms with Gasteiger partial charge in [0.15, 0.2) is 0 Å². The molecule has 1 N–H and O–H groups in total. The topological polar surface area (TPSA) is 12.0 Å². The van der Waals surface area contributed by atoms with Crippen LogP contribution >= 0.6 is 0 Å². The molecular formula is C11H21F2N. The standard InChI is InChI=1S/C11H21F2N/c1-8(2)9(3)14-10-6-4-5-7-11(10,12)13/h8-10,14H,4-7H2,1-3H3. The van der Waals surface area contributed by atoms with Gasteiger partial charge in [0.2, 0.25) is 0 Å². The Balaban J connectivity index is 2.49. The van der Waals surface area contributed by atoms with Crippen molar-refractivity contribution in [3.8, 4) is 0 Å². The largest absolute Gasteiger partial charge is 0.306 e. The number of rotatable bonds is 3. The fourth-order valence-corrected chi connectivity index (χ4v) is 1.81. The van der Waals surface area contributed by atoms with Crippen LogP contribution in [0.5, 0.6) is 0 Å². The second kappa shape index (κ2) is 4.56. The normalized spacial score (nSPS) is 29.1. The van der Waals surface area contributed by atoms with Gasteiger partial charge in [0, 0.05) is 12.5 Å². The zero-order valence-electron chi connectivity index (χ0n) is 9.32. The molecule has 0 radical (unpaired) electrons. The number of halogens is 2. The van der Waals surface area contributed by atoms with Gasteiger partial charge in [0.05, 0.1) is 6.04 Å². The van der Waals surface area contributed by atoms with Crippen LogP contribution in [0.2, 0.25) is 0 Å². The van der Waals surface area contributed by atoms with Gasteiger partial charge in [-0.1, -0.05) is 20.3 Å². The second-order valence-electron chi connectivity index (χ2n) is 4.76. The molecule has 1 aliphatic carbocycles. The maximum absolute atomic E-state index is 13.4. The van der Waals surface area contributed by atoms with E-state index in [1.807, 2.05) is 6.92 Å². The van der Waals surface area contributed by atoms with E-state index in [0.29, 0.717) is 18.8 Å². The molecule has 3 heteroatoms. The molecular weight excluding hydrogens is 184 g/mol. The van der Waals surface area contributed by atoms with Crippen molar-refractivity contribution in [3.63, 3.8) is 0 Å². The lowest BCUT2D eigenvalue weighted by Crippen LogP contribution is -2.51. The summed E-state index contributed by atoms with van der Waals surface area (Å²) in [6, 6.07) is -0.433. The van der Waals surface area contributed by atoms with Crippen molar-refractivity contribution in [2.24, 2.45) is 5.92 Å². The zero-order valence-corrected chi connectivity index (χ0v) is 9.32. The Morgan fingerprint density at radius 3 is 2.36 bits per heavy atom. The average Bonchev–Trinajstić information content (AvgIpc) is 2.08. The lowest BCUT2D eigenvalue weighted by Gasteiger charge is -2.35. The Kier molecular flexibility index (Phi) is 3.87. The van der Waals surface area contributed by atoms with Crippen LogP contribution in [-0.4, -0.2) is 18.0 Å². The zero-order chi connectivity index (χ0) is 10.8. The van der Waals surface area contributed by atoms with Crippen LogP contribution in [0.4, 0.5) is 8.78 Å². The summed E-state index contributed by atoms with van der Waals surface area (Å²) in [6.07, 6.45) is 2.26. The molecule has 1 nitrogen and oxygen atoms in total. The van der Waals surface area contributed by atoms with E-state index < -0.39 is 12.0 Å². The van der Waals surface area contributed by atoms with Crippen molar-refractivity contribution in [1.29, 1.82) is 0 Å². The van der Waals surface area contributed by atoms with Crippen molar-refractivity contribution in [1.82, 2.24) is 5.32 Å². The van der Waals surface area contributed by atoms with Gasteiger partial charge < -0.3 is 5.32 Å². The van der Waals surface area contributed by atoms with Gasteiger partial charge in [-0.05, 0) is 25.7 Å². The van der Waals surface area contributed by atoms with Gasteiger partial charge in [-0.2, -0.15) is 0 Å². The van der Waals surface area contributed by atoms with Gasteiger partial charge in [-0.15, -0.1) is 0 Å². The Morgan fingerprint density at radius 2 is 1.86 bits per heavy atom. The third-order valence-corrected chi connectivity index (χ3v) is 3.23. The van der Waals surface area contributed by atoms with Crippen molar-refractivity contribution in [2.75, 3.05) is 0 Å². The quantitative estimate of drug-likeness (QED) is 0.746. The molecule has 2 unspecified atom stereocenters. The molecule has 0 aromatic carbocycles. The predicted molar refractivity (Wildman–Crippen MR) is 54.6 cm³/mol. The molecule has 0 aromatic rings. The van der Waals surface area contributed by atoms with Crippen molar-refractivity contribution in [3.05, 3.63) is 0 Å². The van der Waals surface area contributed by atoms with Crippen molar-refractivity contribution < 1.29 is 8.78 Å². The summed E-state index contributed by atoms with van der Waals surface area (Å²) in [5.41, 5.74) is 0. The van der Waals surface area contributed by atoms with Crippen LogP contribution in [0, 0.1) is 5.92 Å². The number of alkyl halides is 2. The van der Waals surface area contributed by atoms with Gasteiger partial charge in [0.25, 0.3) is 5.92 Å². The minimum Gasteiger partial charge on any atom is -0.306 e. The lowest BCUT2D eigenvalue weighted by molar-refractivity contribution is -0.0674. The molecule has 2 atom stereocenters. The van der Waals surface area contributed by atoms with E-state index >= 15 is 0 Å². The highest BCUT2D eigenvalue weighted by molar-refractivity contribution is 4.89. The SMILES string of the molecule is CC(C)C(C)NC1CCCCC1(F)F. The number of nitrogens with one attached hydrogen (secondary N) is 1. The van der Waals surface area contributed by atoms with Crippen molar-refractivity contribution >= 4 is 0 Å². The summed E-state index contributed by atoms with van der Waals surface area (Å²) in [4.78, 5) is 0. The monoisotopic (exact) mass is 205 g/mol. The van der Waals surface area contributed by atoms with Crippen molar-refractivity contribution in [2.45, 2.75) is 64.5 Å². The number of hydrogen-bond acceptors (Lipinski definition) is 1. The maximum atomic E-state index is 13.4. The minimum absolute atomic E-state index is 0.0511. The molecule has 0 heterocycles. The summed E-state index contributed by atoms with van der Waals surface area (Å²) in [7, 11) is 0. The minimum atomic E-state index is -2.50. The lowest BCUT2D eigenvalue weighted by atomic mass is 9.90. The van der Waals surface area contributed by atoms with Crippen LogP contribution in [0.15, 0.2) is 0 Å². The summed E-state index contributed by atoms with van der Waals surface area (Å²) in [5, 5.41) is 3.06. The van der Waals surface area contributed by atoms with E-state index in [2.05, 4.69) is 19.2 Å². The van der Waals surface area contributed by atoms with E-state index in [0.717, 1.165) is 6.42 Å². The van der Waals surface area contributed by atoms with E-state index in [4.69, 9.17) is 0 Å². The van der Waals surface area contributed by atoms with Crippen LogP contribution in [0.25, 0.3) is 0 Å². The first-order valence-electron chi connectivity index (χ1n) is 5.57. The first-order chi connectivity index (χ1) is 6.43. The molecule has 0 saturated heterocycles. The molecule has 0 aromatic heterocycles. The van der Waals surface area contributed by atoms with Gasteiger partial charge >= 0.3 is 0 Å². The molecule has 1 aliphatic rings. The van der Waals surface area contributed by atoms with E-state index in [1.54, 1.807) is 0 Å². The van der Waals surface area contributed by atoms with Crippen LogP contribution in [0.1, 0.15) is 46.5 Å². The van der Waals surface area contributed by atoms with Gasteiger partial charge in [-0.25, -0.2) is 8.78 Å². The number of hydrogen-bond donors (Lipinski definition) is 1. The summed E-state index contributed by atoms with van der Waals surface area (Å²) < 4.78 is 26.9. The molecule has 0 bridgehead atoms. The molecule has 1 rings (SSSR count).